The van der Waals surface area contributed by atoms with Crippen molar-refractivity contribution in [1.29, 1.82) is 5.26 Å². The van der Waals surface area contributed by atoms with Crippen LogP contribution in [0.25, 0.3) is 0 Å². The Labute approximate surface area is 209 Å². The zero-order chi connectivity index (χ0) is 26.0. The van der Waals surface area contributed by atoms with Gasteiger partial charge in [-0.15, -0.1) is 0 Å². The number of hydrogen-bond donors (Lipinski definition) is 1. The first-order chi connectivity index (χ1) is 16.3. The minimum absolute atomic E-state index is 0.0127. The second-order valence-corrected chi connectivity index (χ2v) is 11.0. The molecule has 0 bridgehead atoms. The number of carbonyl (C=O) groups excluding carboxylic acids is 2. The molecule has 1 aromatic heterocycles. The number of nitriles is 1. The topological polar surface area (TPSA) is 120 Å². The number of hydrogen-bond acceptors (Lipinski definition) is 6. The molecule has 10 heteroatoms. The Kier molecular flexibility index (Phi) is 7.29. The van der Waals surface area contributed by atoms with Crippen LogP contribution >= 0.6 is 11.6 Å². The largest absolute Gasteiger partial charge is 0.279 e. The lowest BCUT2D eigenvalue weighted by Gasteiger charge is -2.19. The fraction of sp³-hybridized carbons (Fsp3) is 0.200. The van der Waals surface area contributed by atoms with Gasteiger partial charge < -0.3 is 0 Å². The van der Waals surface area contributed by atoms with E-state index in [1.165, 1.54) is 42.7 Å². The fourth-order valence-corrected chi connectivity index (χ4v) is 4.50. The van der Waals surface area contributed by atoms with Crippen molar-refractivity contribution in [2.24, 2.45) is 0 Å². The molecule has 1 aliphatic heterocycles. The van der Waals surface area contributed by atoms with Crippen LogP contribution in [0, 0.1) is 11.3 Å². The Bertz CT molecular complexity index is 1410. The van der Waals surface area contributed by atoms with Gasteiger partial charge in [0.05, 0.1) is 40.0 Å². The number of carbonyl (C=O) groups is 2. The van der Waals surface area contributed by atoms with Crippen LogP contribution in [0.2, 0.25) is 0 Å². The summed E-state index contributed by atoms with van der Waals surface area (Å²) in [5, 5.41) is 9.20. The molecular weight excluding hydrogens is 488 g/mol. The molecule has 1 fully saturated rings. The van der Waals surface area contributed by atoms with Crippen molar-refractivity contribution in [2.45, 2.75) is 37.5 Å². The summed E-state index contributed by atoms with van der Waals surface area (Å²) in [6.07, 6.45) is 4.80. The second kappa shape index (κ2) is 9.86. The summed E-state index contributed by atoms with van der Waals surface area (Å²) in [6.45, 7) is 9.57. The van der Waals surface area contributed by atoms with Crippen LogP contribution in [0.1, 0.15) is 38.3 Å². The molecule has 2 amide bonds. The molecule has 1 aromatic carbocycles. The third kappa shape index (κ3) is 5.85. The van der Waals surface area contributed by atoms with Crippen LogP contribution in [0.4, 0.5) is 5.69 Å². The predicted octanol–water partition coefficient (Wildman–Crippen LogP) is 4.06. The molecule has 0 spiro atoms. The van der Waals surface area contributed by atoms with Crippen molar-refractivity contribution in [3.8, 4) is 6.07 Å². The van der Waals surface area contributed by atoms with Crippen molar-refractivity contribution in [1.82, 2.24) is 9.71 Å². The van der Waals surface area contributed by atoms with Crippen LogP contribution in [0.5, 0.6) is 0 Å². The normalized spacial score (nSPS) is 15.9. The number of pyridine rings is 1. The Balaban J connectivity index is 2.03. The fourth-order valence-electron chi connectivity index (χ4n) is 3.34. The first kappa shape index (κ1) is 25.9. The van der Waals surface area contributed by atoms with Crippen molar-refractivity contribution >= 4 is 39.1 Å². The number of aromatic nitrogens is 1. The molecule has 2 aromatic rings. The summed E-state index contributed by atoms with van der Waals surface area (Å²) in [5.74, 6) is -1.33. The first-order valence-corrected chi connectivity index (χ1v) is 12.3. The van der Waals surface area contributed by atoms with Gasteiger partial charge >= 0.3 is 0 Å². The summed E-state index contributed by atoms with van der Waals surface area (Å²) in [7, 11) is -4.11. The predicted molar refractivity (Wildman–Crippen MR) is 133 cm³/mol. The van der Waals surface area contributed by atoms with Gasteiger partial charge in [-0.2, -0.15) is 5.26 Å². The molecule has 2 heterocycles. The van der Waals surface area contributed by atoms with E-state index in [9.17, 15) is 18.0 Å². The maximum atomic E-state index is 13.2. The van der Waals surface area contributed by atoms with Gasteiger partial charge in [0.1, 0.15) is 6.07 Å². The molecule has 0 unspecified atom stereocenters. The van der Waals surface area contributed by atoms with Crippen molar-refractivity contribution < 1.29 is 18.0 Å². The Morgan fingerprint density at radius 1 is 1.20 bits per heavy atom. The third-order valence-corrected chi connectivity index (χ3v) is 6.69. The lowest BCUT2D eigenvalue weighted by atomic mass is 9.87. The maximum Gasteiger partial charge on any atom is 0.263 e. The van der Waals surface area contributed by atoms with E-state index in [4.69, 9.17) is 16.9 Å². The van der Waals surface area contributed by atoms with Gasteiger partial charge in [-0.25, -0.2) is 13.3 Å². The first-order valence-electron chi connectivity index (χ1n) is 10.4. The molecule has 180 valence electrons. The van der Waals surface area contributed by atoms with Crippen molar-refractivity contribution in [3.05, 3.63) is 88.9 Å². The van der Waals surface area contributed by atoms with E-state index in [1.54, 1.807) is 12.1 Å². The minimum atomic E-state index is -4.11. The summed E-state index contributed by atoms with van der Waals surface area (Å²) >= 11 is 5.82. The van der Waals surface area contributed by atoms with E-state index >= 15 is 0 Å². The molecule has 0 aliphatic carbocycles. The highest BCUT2D eigenvalue weighted by Gasteiger charge is 2.38. The molecular formula is C25H23ClN4O4S. The standard InChI is InChI=1S/C25H23ClN4O4S/c1-16(26)5-10-22(29-35(33,34)20-8-6-18(7-9-20)25(2,3)4)21-12-23(31)30(24(21)32)19-11-17(13-27)14-28-15-19/h5-11,14-15,29H,1,12H2,2-4H3/b10-5-,22-21-. The lowest BCUT2D eigenvalue weighted by Crippen LogP contribution is -2.30. The molecule has 1 aliphatic rings. The van der Waals surface area contributed by atoms with E-state index in [2.05, 4.69) is 16.3 Å². The van der Waals surface area contributed by atoms with Gasteiger partial charge in [-0.1, -0.05) is 51.1 Å². The number of sulfonamides is 1. The van der Waals surface area contributed by atoms with Gasteiger partial charge in [0.25, 0.3) is 15.9 Å². The van der Waals surface area contributed by atoms with Gasteiger partial charge in [0.15, 0.2) is 0 Å². The monoisotopic (exact) mass is 510 g/mol. The number of benzene rings is 1. The SMILES string of the molecule is C=C(Cl)/C=C\C(NS(=O)(=O)c1ccc(C(C)(C)C)cc1)=C1/CC(=O)N(c2cncc(C#N)c2)C1=O. The van der Waals surface area contributed by atoms with Crippen LogP contribution in [-0.4, -0.2) is 25.2 Å². The van der Waals surface area contributed by atoms with Crippen LogP contribution in [-0.2, 0) is 25.0 Å². The van der Waals surface area contributed by atoms with Crippen LogP contribution < -0.4 is 9.62 Å². The minimum Gasteiger partial charge on any atom is -0.279 e. The quantitative estimate of drug-likeness (QED) is 0.355. The van der Waals surface area contributed by atoms with Gasteiger partial charge in [-0.3, -0.25) is 19.3 Å². The van der Waals surface area contributed by atoms with Crippen LogP contribution in [0.15, 0.2) is 82.7 Å². The number of anilines is 1. The number of halogens is 1. The highest BCUT2D eigenvalue weighted by Crippen LogP contribution is 2.29. The molecule has 35 heavy (non-hydrogen) atoms. The maximum absolute atomic E-state index is 13.2. The van der Waals surface area contributed by atoms with Crippen molar-refractivity contribution in [3.63, 3.8) is 0 Å². The molecule has 8 nitrogen and oxygen atoms in total. The number of rotatable bonds is 6. The Morgan fingerprint density at radius 2 is 1.86 bits per heavy atom. The Morgan fingerprint density at radius 3 is 2.43 bits per heavy atom. The molecule has 0 atom stereocenters. The molecule has 1 N–H and O–H groups in total. The van der Waals surface area contributed by atoms with Crippen molar-refractivity contribution in [2.75, 3.05) is 4.90 Å². The third-order valence-electron chi connectivity index (χ3n) is 5.18. The smallest absolute Gasteiger partial charge is 0.263 e. The highest BCUT2D eigenvalue weighted by molar-refractivity contribution is 7.89. The summed E-state index contributed by atoms with van der Waals surface area (Å²) in [5.41, 5.74) is 0.870. The zero-order valence-electron chi connectivity index (χ0n) is 19.4. The summed E-state index contributed by atoms with van der Waals surface area (Å²) in [4.78, 5) is 30.6. The van der Waals surface area contributed by atoms with Gasteiger partial charge in [0, 0.05) is 11.2 Å². The van der Waals surface area contributed by atoms with E-state index in [-0.39, 0.29) is 44.3 Å². The molecule has 3 rings (SSSR count). The molecule has 0 saturated carbocycles. The second-order valence-electron chi connectivity index (χ2n) is 8.81. The molecule has 1 saturated heterocycles. The highest BCUT2D eigenvalue weighted by atomic mass is 35.5. The average Bonchev–Trinajstić information content (AvgIpc) is 3.09. The summed E-state index contributed by atoms with van der Waals surface area (Å²) < 4.78 is 28.7. The number of allylic oxidation sites excluding steroid dienone is 3. The number of nitrogens with one attached hydrogen (secondary N) is 1. The average molecular weight is 511 g/mol. The summed E-state index contributed by atoms with van der Waals surface area (Å²) in [6, 6.07) is 9.64. The number of amides is 2. The zero-order valence-corrected chi connectivity index (χ0v) is 20.9. The van der Waals surface area contributed by atoms with Gasteiger partial charge in [0.2, 0.25) is 5.91 Å². The number of imide groups is 1. The van der Waals surface area contributed by atoms with E-state index in [0.717, 1.165) is 10.5 Å². The lowest BCUT2D eigenvalue weighted by molar-refractivity contribution is -0.120. The van der Waals surface area contributed by atoms with E-state index < -0.39 is 21.8 Å². The van der Waals surface area contributed by atoms with E-state index in [1.807, 2.05) is 26.8 Å². The Hall–Kier alpha value is -3.74. The van der Waals surface area contributed by atoms with Crippen LogP contribution in [0.3, 0.4) is 0 Å². The van der Waals surface area contributed by atoms with E-state index in [0.29, 0.717) is 0 Å². The van der Waals surface area contributed by atoms with Gasteiger partial charge in [-0.05, 0) is 41.3 Å². The molecule has 0 radical (unpaired) electrons. The number of nitrogens with zero attached hydrogens (tertiary/aromatic N) is 3.